The Morgan fingerprint density at radius 3 is 2.33 bits per heavy atom. The second-order valence-corrected chi connectivity index (χ2v) is 13.2. The van der Waals surface area contributed by atoms with Crippen LogP contribution in [0.4, 0.5) is 10.3 Å². The van der Waals surface area contributed by atoms with Gasteiger partial charge in [-0.2, -0.15) is 0 Å². The molecule has 5 N–H and O–H groups in total. The predicted molar refractivity (Wildman–Crippen MR) is 163 cm³/mol. The van der Waals surface area contributed by atoms with Crippen molar-refractivity contribution in [3.63, 3.8) is 0 Å². The van der Waals surface area contributed by atoms with Crippen molar-refractivity contribution in [1.29, 1.82) is 0 Å². The number of aliphatic hydroxyl groups is 5. The molecule has 0 aliphatic carbocycles. The van der Waals surface area contributed by atoms with Gasteiger partial charge in [-0.15, -0.1) is 0 Å². The number of hydrogen-bond acceptors (Lipinski definition) is 12. The SMILES string of the molecule is O=CC(c1ccc(OCCCC2CCN(c3ncc(Cl)cn3)CC2)cc1F)N1CC2(CN(C[C@H](O)[C@@H](O)[C@H](O)[C@H](O)CO)C2)C1. The lowest BCUT2D eigenvalue weighted by atomic mass is 9.71. The summed E-state index contributed by atoms with van der Waals surface area (Å²) in [6, 6.07) is 3.94. The van der Waals surface area contributed by atoms with Gasteiger partial charge in [-0.1, -0.05) is 17.7 Å². The molecule has 3 fully saturated rings. The number of likely N-dealkylation sites (tertiary alicyclic amines) is 2. The molecule has 12 nitrogen and oxygen atoms in total. The molecule has 0 amide bonds. The third-order valence-corrected chi connectivity index (χ3v) is 9.50. The van der Waals surface area contributed by atoms with E-state index in [2.05, 4.69) is 14.9 Å². The number of carbonyl (C=O) groups excluding carboxylic acids is 1. The van der Waals surface area contributed by atoms with Crippen molar-refractivity contribution in [2.24, 2.45) is 11.3 Å². The highest BCUT2D eigenvalue weighted by molar-refractivity contribution is 6.30. The Balaban J connectivity index is 1.01. The van der Waals surface area contributed by atoms with Crippen LogP contribution in [0.2, 0.25) is 5.02 Å². The molecule has 2 aromatic rings. The smallest absolute Gasteiger partial charge is 0.225 e. The van der Waals surface area contributed by atoms with Gasteiger partial charge in [-0.05, 0) is 37.7 Å². The van der Waals surface area contributed by atoms with Crippen LogP contribution in [0.3, 0.4) is 0 Å². The molecule has 5 rings (SSSR count). The lowest BCUT2D eigenvalue weighted by Crippen LogP contribution is -2.73. The van der Waals surface area contributed by atoms with Crippen molar-refractivity contribution in [3.05, 3.63) is 47.0 Å². The van der Waals surface area contributed by atoms with E-state index in [0.717, 1.165) is 45.1 Å². The molecule has 1 spiro atoms. The Hall–Kier alpha value is -2.49. The van der Waals surface area contributed by atoms with Gasteiger partial charge < -0.3 is 40.0 Å². The topological polar surface area (TPSA) is 163 Å². The third kappa shape index (κ3) is 8.09. The molecule has 45 heavy (non-hydrogen) atoms. The minimum atomic E-state index is -1.66. The van der Waals surface area contributed by atoms with E-state index in [1.54, 1.807) is 24.5 Å². The van der Waals surface area contributed by atoms with E-state index >= 15 is 4.39 Å². The van der Waals surface area contributed by atoms with E-state index in [-0.39, 0.29) is 12.0 Å². The minimum Gasteiger partial charge on any atom is -0.493 e. The normalized spacial score (nSPS) is 22.2. The van der Waals surface area contributed by atoms with Crippen LogP contribution in [-0.2, 0) is 4.79 Å². The van der Waals surface area contributed by atoms with Crippen molar-refractivity contribution < 1.29 is 39.5 Å². The third-order valence-electron chi connectivity index (χ3n) is 9.31. The summed E-state index contributed by atoms with van der Waals surface area (Å²) in [7, 11) is 0. The first-order chi connectivity index (χ1) is 21.6. The predicted octanol–water partition coefficient (Wildman–Crippen LogP) is 0.638. The van der Waals surface area contributed by atoms with Crippen molar-refractivity contribution in [3.8, 4) is 5.75 Å². The van der Waals surface area contributed by atoms with E-state index in [1.807, 2.05) is 9.80 Å². The number of piperidine rings is 1. The van der Waals surface area contributed by atoms with Gasteiger partial charge in [0.2, 0.25) is 5.95 Å². The Labute approximate surface area is 267 Å². The molecule has 14 heteroatoms. The summed E-state index contributed by atoms with van der Waals surface area (Å²) >= 11 is 5.88. The second kappa shape index (κ2) is 14.9. The maximum Gasteiger partial charge on any atom is 0.225 e. The quantitative estimate of drug-likeness (QED) is 0.135. The number of nitrogens with zero attached hydrogens (tertiary/aromatic N) is 5. The summed E-state index contributed by atoms with van der Waals surface area (Å²) < 4.78 is 21.0. The van der Waals surface area contributed by atoms with Gasteiger partial charge in [0.25, 0.3) is 0 Å². The number of rotatable bonds is 15. The number of carbonyl (C=O) groups is 1. The molecule has 1 aromatic heterocycles. The summed E-state index contributed by atoms with van der Waals surface area (Å²) in [5, 5.41) is 49.0. The molecule has 248 valence electrons. The van der Waals surface area contributed by atoms with Crippen LogP contribution in [0.1, 0.15) is 37.3 Å². The van der Waals surface area contributed by atoms with E-state index in [4.69, 9.17) is 21.4 Å². The molecular formula is C31H43ClFN5O7. The molecule has 0 radical (unpaired) electrons. The first kappa shape index (κ1) is 33.9. The number of aliphatic hydroxyl groups excluding tert-OH is 5. The highest BCUT2D eigenvalue weighted by Crippen LogP contribution is 2.43. The van der Waals surface area contributed by atoms with Crippen LogP contribution < -0.4 is 9.64 Å². The molecule has 5 atom stereocenters. The number of ether oxygens (including phenoxy) is 1. The van der Waals surface area contributed by atoms with Gasteiger partial charge in [-0.3, -0.25) is 9.80 Å². The molecule has 3 saturated heterocycles. The van der Waals surface area contributed by atoms with Gasteiger partial charge in [-0.25, -0.2) is 14.4 Å². The molecule has 3 aliphatic heterocycles. The van der Waals surface area contributed by atoms with Crippen molar-refractivity contribution >= 4 is 23.8 Å². The highest BCUT2D eigenvalue weighted by atomic mass is 35.5. The summed E-state index contributed by atoms with van der Waals surface area (Å²) in [5.41, 5.74) is 0.212. The summed E-state index contributed by atoms with van der Waals surface area (Å²) in [6.07, 6.45) is 1.83. The lowest BCUT2D eigenvalue weighted by Gasteiger charge is -2.62. The Morgan fingerprint density at radius 1 is 1.04 bits per heavy atom. The molecule has 0 saturated carbocycles. The van der Waals surface area contributed by atoms with Crippen LogP contribution in [0.15, 0.2) is 30.6 Å². The zero-order valence-electron chi connectivity index (χ0n) is 25.2. The number of benzene rings is 1. The maximum atomic E-state index is 15.1. The second-order valence-electron chi connectivity index (χ2n) is 12.8. The fourth-order valence-electron chi connectivity index (χ4n) is 6.83. The standard InChI is InChI=1S/C31H43ClFN5O7/c32-21-11-34-30(35-12-21)37-7-5-20(6-8-37)2-1-9-45-22-3-4-23(24(33)10-22)25(14-39)38-18-31(19-38)16-36(17-31)13-26(41)28(43)29(44)27(42)15-40/h3-4,10-12,14,20,25-29,40-44H,1-2,5-9,13,15-19H2/t25?,26-,27+,28+,29+/m0/s1. The number of aldehydes is 1. The summed E-state index contributed by atoms with van der Waals surface area (Å²) in [4.78, 5) is 26.6. The molecule has 1 aromatic carbocycles. The van der Waals surface area contributed by atoms with Gasteiger partial charge in [0.15, 0.2) is 0 Å². The molecule has 0 bridgehead atoms. The average Bonchev–Trinajstić information content (AvgIpc) is 3.01. The Morgan fingerprint density at radius 2 is 1.71 bits per heavy atom. The summed E-state index contributed by atoms with van der Waals surface area (Å²) in [5.74, 6) is 1.24. The first-order valence-electron chi connectivity index (χ1n) is 15.5. The molecule has 4 heterocycles. The number of halogens is 2. The van der Waals surface area contributed by atoms with Crippen LogP contribution in [0, 0.1) is 17.2 Å². The fraction of sp³-hybridized carbons (Fsp3) is 0.645. The average molecular weight is 652 g/mol. The molecule has 1 unspecified atom stereocenters. The Bertz CT molecular complexity index is 1260. The van der Waals surface area contributed by atoms with Crippen LogP contribution in [0.25, 0.3) is 0 Å². The summed E-state index contributed by atoms with van der Waals surface area (Å²) in [6.45, 7) is 4.02. The van der Waals surface area contributed by atoms with Gasteiger partial charge in [0.05, 0.1) is 42.8 Å². The van der Waals surface area contributed by atoms with Gasteiger partial charge >= 0.3 is 0 Å². The van der Waals surface area contributed by atoms with Crippen LogP contribution in [-0.4, -0.2) is 135 Å². The highest BCUT2D eigenvalue weighted by Gasteiger charge is 2.53. The number of anilines is 1. The zero-order valence-corrected chi connectivity index (χ0v) is 25.9. The van der Waals surface area contributed by atoms with E-state index in [1.165, 1.54) is 6.07 Å². The van der Waals surface area contributed by atoms with E-state index in [0.29, 0.717) is 61.0 Å². The fourth-order valence-corrected chi connectivity index (χ4v) is 6.92. The van der Waals surface area contributed by atoms with E-state index < -0.39 is 42.9 Å². The lowest BCUT2D eigenvalue weighted by molar-refractivity contribution is -0.159. The zero-order chi connectivity index (χ0) is 32.1. The van der Waals surface area contributed by atoms with Crippen molar-refractivity contribution in [1.82, 2.24) is 19.8 Å². The van der Waals surface area contributed by atoms with Crippen LogP contribution in [0.5, 0.6) is 5.75 Å². The van der Waals surface area contributed by atoms with E-state index in [9.17, 15) is 25.2 Å². The maximum absolute atomic E-state index is 15.1. The number of aromatic nitrogens is 2. The largest absolute Gasteiger partial charge is 0.493 e. The minimum absolute atomic E-state index is 0.0876. The number of hydrogen-bond donors (Lipinski definition) is 5. The van der Waals surface area contributed by atoms with Crippen LogP contribution >= 0.6 is 11.6 Å². The Kier molecular flexibility index (Phi) is 11.2. The van der Waals surface area contributed by atoms with Gasteiger partial charge in [0.1, 0.15) is 36.2 Å². The molecule has 3 aliphatic rings. The monoisotopic (exact) mass is 651 g/mol. The van der Waals surface area contributed by atoms with Crippen molar-refractivity contribution in [2.75, 3.05) is 63.9 Å². The van der Waals surface area contributed by atoms with Gasteiger partial charge in [0, 0.05) is 62.9 Å². The number of β-amino-alcohol motifs (C(OH)–C–C–N with tert-alkyl or cyclic N) is 1. The van der Waals surface area contributed by atoms with Crippen molar-refractivity contribution in [2.45, 2.75) is 56.1 Å². The first-order valence-corrected chi connectivity index (χ1v) is 15.9. The molecular weight excluding hydrogens is 609 g/mol.